The second-order valence-electron chi connectivity index (χ2n) is 3.84. The Morgan fingerprint density at radius 3 is 2.44 bits per heavy atom. The number of aromatic nitrogens is 2. The van der Waals surface area contributed by atoms with Gasteiger partial charge in [0, 0.05) is 24.8 Å². The lowest BCUT2D eigenvalue weighted by atomic mass is 10.4. The van der Waals surface area contributed by atoms with Crippen molar-refractivity contribution in [2.45, 2.75) is 6.92 Å². The van der Waals surface area contributed by atoms with E-state index < -0.39 is 0 Å². The molecule has 0 radical (unpaired) electrons. The molecule has 0 fully saturated rings. The number of carbonyl (C=O) groups excluding carboxylic acids is 2. The fourth-order valence-corrected chi connectivity index (χ4v) is 1.63. The summed E-state index contributed by atoms with van der Waals surface area (Å²) in [7, 11) is 3.38. The number of carbonyl (C=O) groups is 2. The third-order valence-electron chi connectivity index (χ3n) is 2.13. The van der Waals surface area contributed by atoms with Gasteiger partial charge in [-0.3, -0.25) is 14.0 Å². The van der Waals surface area contributed by atoms with Crippen molar-refractivity contribution in [2.75, 3.05) is 14.1 Å². The molecule has 2 aromatic rings. The molecule has 0 spiro atoms. The molecule has 5 nitrogen and oxygen atoms in total. The van der Waals surface area contributed by atoms with E-state index in [9.17, 15) is 9.59 Å². The fourth-order valence-electron chi connectivity index (χ4n) is 1.30. The SMILES string of the molecule is CN(C)C=O.Cc1nc2ccc(Br)cn2c1C=O. The van der Waals surface area contributed by atoms with Crippen LogP contribution >= 0.6 is 15.9 Å². The van der Waals surface area contributed by atoms with Gasteiger partial charge in [-0.1, -0.05) is 0 Å². The van der Waals surface area contributed by atoms with Crippen LogP contribution in [0, 0.1) is 6.92 Å². The molecule has 0 N–H and O–H groups in total. The number of hydrogen-bond donors (Lipinski definition) is 0. The highest BCUT2D eigenvalue weighted by molar-refractivity contribution is 9.10. The average molecular weight is 312 g/mol. The lowest BCUT2D eigenvalue weighted by molar-refractivity contribution is -0.115. The van der Waals surface area contributed by atoms with Crippen LogP contribution in [0.3, 0.4) is 0 Å². The number of aldehydes is 1. The summed E-state index contributed by atoms with van der Waals surface area (Å²) in [4.78, 5) is 25.8. The van der Waals surface area contributed by atoms with Gasteiger partial charge in [-0.05, 0) is 35.0 Å². The zero-order valence-corrected chi connectivity index (χ0v) is 12.0. The van der Waals surface area contributed by atoms with Crippen LogP contribution < -0.4 is 0 Å². The zero-order chi connectivity index (χ0) is 13.7. The van der Waals surface area contributed by atoms with Gasteiger partial charge in [0.15, 0.2) is 6.29 Å². The average Bonchev–Trinajstić information content (AvgIpc) is 2.64. The van der Waals surface area contributed by atoms with Crippen LogP contribution in [-0.4, -0.2) is 41.1 Å². The molecule has 0 bridgehead atoms. The van der Waals surface area contributed by atoms with Crippen molar-refractivity contribution in [1.82, 2.24) is 14.3 Å². The highest BCUT2D eigenvalue weighted by Crippen LogP contribution is 2.15. The Morgan fingerprint density at radius 1 is 1.33 bits per heavy atom. The molecule has 0 atom stereocenters. The molecular formula is C12H14BrN3O2. The Labute approximate surface area is 114 Å². The molecular weight excluding hydrogens is 298 g/mol. The third kappa shape index (κ3) is 3.40. The first kappa shape index (κ1) is 14.4. The molecule has 18 heavy (non-hydrogen) atoms. The summed E-state index contributed by atoms with van der Waals surface area (Å²) in [6, 6.07) is 3.76. The Bertz CT molecular complexity index is 564. The van der Waals surface area contributed by atoms with E-state index in [2.05, 4.69) is 20.9 Å². The van der Waals surface area contributed by atoms with E-state index in [1.54, 1.807) is 18.5 Å². The molecule has 0 aliphatic carbocycles. The molecule has 96 valence electrons. The summed E-state index contributed by atoms with van der Waals surface area (Å²) in [5.74, 6) is 0. The van der Waals surface area contributed by atoms with Gasteiger partial charge in [-0.15, -0.1) is 0 Å². The van der Waals surface area contributed by atoms with Crippen LogP contribution in [0.15, 0.2) is 22.8 Å². The Morgan fingerprint density at radius 2 is 1.94 bits per heavy atom. The second-order valence-corrected chi connectivity index (χ2v) is 4.76. The first-order chi connectivity index (χ1) is 8.49. The van der Waals surface area contributed by atoms with Crippen molar-refractivity contribution in [1.29, 1.82) is 0 Å². The van der Waals surface area contributed by atoms with Gasteiger partial charge < -0.3 is 4.90 Å². The van der Waals surface area contributed by atoms with Crippen LogP contribution in [0.4, 0.5) is 0 Å². The summed E-state index contributed by atoms with van der Waals surface area (Å²) in [5, 5.41) is 0. The minimum atomic E-state index is 0.608. The molecule has 0 aliphatic rings. The first-order valence-corrected chi connectivity index (χ1v) is 6.00. The molecule has 2 heterocycles. The number of nitrogens with zero attached hydrogens (tertiary/aromatic N) is 3. The minimum absolute atomic E-state index is 0.608. The predicted molar refractivity (Wildman–Crippen MR) is 72.8 cm³/mol. The van der Waals surface area contributed by atoms with Gasteiger partial charge in [-0.25, -0.2) is 4.98 Å². The van der Waals surface area contributed by atoms with Crippen molar-refractivity contribution in [3.8, 4) is 0 Å². The highest BCUT2D eigenvalue weighted by atomic mass is 79.9. The highest BCUT2D eigenvalue weighted by Gasteiger charge is 2.06. The van der Waals surface area contributed by atoms with E-state index in [1.165, 1.54) is 4.90 Å². The Kier molecular flexibility index (Phi) is 5.03. The van der Waals surface area contributed by atoms with Crippen molar-refractivity contribution < 1.29 is 9.59 Å². The molecule has 2 aromatic heterocycles. The maximum Gasteiger partial charge on any atom is 0.209 e. The number of hydrogen-bond acceptors (Lipinski definition) is 3. The summed E-state index contributed by atoms with van der Waals surface area (Å²) >= 11 is 3.34. The number of amides is 1. The lowest BCUT2D eigenvalue weighted by Crippen LogP contribution is -2.06. The number of imidazole rings is 1. The van der Waals surface area contributed by atoms with Gasteiger partial charge >= 0.3 is 0 Å². The van der Waals surface area contributed by atoms with Gasteiger partial charge in [-0.2, -0.15) is 0 Å². The Balaban J connectivity index is 0.000000280. The van der Waals surface area contributed by atoms with Crippen LogP contribution in [0.25, 0.3) is 5.65 Å². The summed E-state index contributed by atoms with van der Waals surface area (Å²) in [5.41, 5.74) is 2.16. The van der Waals surface area contributed by atoms with Crippen molar-refractivity contribution in [2.24, 2.45) is 0 Å². The molecule has 0 saturated heterocycles. The van der Waals surface area contributed by atoms with E-state index in [0.717, 1.165) is 28.5 Å². The third-order valence-corrected chi connectivity index (χ3v) is 2.59. The minimum Gasteiger partial charge on any atom is -0.351 e. The first-order valence-electron chi connectivity index (χ1n) is 5.20. The molecule has 0 unspecified atom stereocenters. The molecule has 0 saturated carbocycles. The van der Waals surface area contributed by atoms with Crippen molar-refractivity contribution >= 4 is 34.3 Å². The molecule has 0 aromatic carbocycles. The van der Waals surface area contributed by atoms with Gasteiger partial charge in [0.2, 0.25) is 6.41 Å². The van der Waals surface area contributed by atoms with Gasteiger partial charge in [0.1, 0.15) is 11.3 Å². The summed E-state index contributed by atoms with van der Waals surface area (Å²) in [6.07, 6.45) is 3.40. The maximum absolute atomic E-state index is 10.7. The van der Waals surface area contributed by atoms with Crippen molar-refractivity contribution in [3.05, 3.63) is 34.2 Å². The van der Waals surface area contributed by atoms with Gasteiger partial charge in [0.25, 0.3) is 0 Å². The summed E-state index contributed by atoms with van der Waals surface area (Å²) < 4.78 is 2.70. The zero-order valence-electron chi connectivity index (χ0n) is 10.4. The smallest absolute Gasteiger partial charge is 0.209 e. The predicted octanol–water partition coefficient (Wildman–Crippen LogP) is 1.92. The van der Waals surface area contributed by atoms with Crippen LogP contribution in [0.2, 0.25) is 0 Å². The van der Waals surface area contributed by atoms with Crippen LogP contribution in [0.1, 0.15) is 16.2 Å². The topological polar surface area (TPSA) is 54.7 Å². The number of fused-ring (bicyclic) bond motifs is 1. The van der Waals surface area contributed by atoms with E-state index in [1.807, 2.05) is 25.3 Å². The van der Waals surface area contributed by atoms with E-state index >= 15 is 0 Å². The maximum atomic E-state index is 10.7. The summed E-state index contributed by atoms with van der Waals surface area (Å²) in [6.45, 7) is 1.82. The van der Waals surface area contributed by atoms with Gasteiger partial charge in [0.05, 0.1) is 5.69 Å². The largest absolute Gasteiger partial charge is 0.351 e. The molecule has 2 rings (SSSR count). The number of halogens is 1. The quantitative estimate of drug-likeness (QED) is 0.796. The number of pyridine rings is 1. The molecule has 6 heteroatoms. The standard InChI is InChI=1S/C9H7BrN2O.C3H7NO/c1-6-8(5-13)12-4-7(10)2-3-9(12)11-6;1-4(2)3-5/h2-5H,1H3;3H,1-2H3. The van der Waals surface area contributed by atoms with Crippen LogP contribution in [-0.2, 0) is 4.79 Å². The normalized spacial score (nSPS) is 9.56. The molecule has 1 amide bonds. The molecule has 0 aliphatic heterocycles. The van der Waals surface area contributed by atoms with E-state index in [4.69, 9.17) is 0 Å². The van der Waals surface area contributed by atoms with Crippen molar-refractivity contribution in [3.63, 3.8) is 0 Å². The van der Waals surface area contributed by atoms with Crippen LogP contribution in [0.5, 0.6) is 0 Å². The second kappa shape index (κ2) is 6.30. The number of aryl methyl sites for hydroxylation is 1. The lowest BCUT2D eigenvalue weighted by Gasteiger charge is -1.95. The van der Waals surface area contributed by atoms with E-state index in [-0.39, 0.29) is 0 Å². The Hall–Kier alpha value is -1.69. The number of rotatable bonds is 2. The van der Waals surface area contributed by atoms with E-state index in [0.29, 0.717) is 5.69 Å². The fraction of sp³-hybridized carbons (Fsp3) is 0.250. The monoisotopic (exact) mass is 311 g/mol.